The van der Waals surface area contributed by atoms with E-state index in [0.717, 1.165) is 50.5 Å². The molecule has 4 atom stereocenters. The van der Waals surface area contributed by atoms with Crippen LogP contribution in [0.15, 0.2) is 24.3 Å². The standard InChI is InChI=1S/C22H28N4O2/c27-20(12-19-14-7-1-2-8-16(14)22(28)26-25-19)23-18-11-5-9-15-13-6-3-4-10-17(13)24-21(15)18/h3-4,6,10,14,16,18-19,24-25H,1-2,5,7-9,11-12H2,(H,23,27)(H,26,28). The first-order valence-corrected chi connectivity index (χ1v) is 10.6. The van der Waals surface area contributed by atoms with E-state index in [0.29, 0.717) is 6.42 Å². The number of aromatic amines is 1. The summed E-state index contributed by atoms with van der Waals surface area (Å²) in [5, 5.41) is 4.54. The van der Waals surface area contributed by atoms with Crippen LogP contribution in [-0.4, -0.2) is 22.8 Å². The summed E-state index contributed by atoms with van der Waals surface area (Å²) in [5.74, 6) is 0.483. The van der Waals surface area contributed by atoms with Crippen molar-refractivity contribution in [1.82, 2.24) is 21.2 Å². The number of rotatable bonds is 3. The molecule has 148 valence electrons. The van der Waals surface area contributed by atoms with Crippen LogP contribution in [0.25, 0.3) is 10.9 Å². The summed E-state index contributed by atoms with van der Waals surface area (Å²) in [6.45, 7) is 0. The van der Waals surface area contributed by atoms with Crippen LogP contribution in [0.1, 0.15) is 62.2 Å². The molecule has 1 aromatic heterocycles. The molecule has 0 radical (unpaired) electrons. The number of hydrogen-bond donors (Lipinski definition) is 4. The van der Waals surface area contributed by atoms with Crippen molar-refractivity contribution >= 4 is 22.7 Å². The third-order valence-electron chi connectivity index (χ3n) is 6.91. The molecule has 2 aromatic rings. The molecule has 4 unspecified atom stereocenters. The molecule has 2 aliphatic carbocycles. The van der Waals surface area contributed by atoms with Gasteiger partial charge in [0.15, 0.2) is 0 Å². The highest BCUT2D eigenvalue weighted by Gasteiger charge is 2.40. The number of hydrazine groups is 1. The molecule has 6 nitrogen and oxygen atoms in total. The lowest BCUT2D eigenvalue weighted by Gasteiger charge is -2.41. The molecule has 1 saturated carbocycles. The van der Waals surface area contributed by atoms with E-state index in [2.05, 4.69) is 39.4 Å². The highest BCUT2D eigenvalue weighted by Crippen LogP contribution is 2.36. The zero-order valence-electron chi connectivity index (χ0n) is 16.1. The largest absolute Gasteiger partial charge is 0.356 e. The van der Waals surface area contributed by atoms with E-state index in [9.17, 15) is 9.59 Å². The van der Waals surface area contributed by atoms with Crippen molar-refractivity contribution < 1.29 is 9.59 Å². The predicted octanol–water partition coefficient (Wildman–Crippen LogP) is 2.86. The number of H-pyrrole nitrogens is 1. The van der Waals surface area contributed by atoms with E-state index >= 15 is 0 Å². The third kappa shape index (κ3) is 3.09. The predicted molar refractivity (Wildman–Crippen MR) is 107 cm³/mol. The molecular weight excluding hydrogens is 352 g/mol. The number of carbonyl (C=O) groups is 2. The summed E-state index contributed by atoms with van der Waals surface area (Å²) in [7, 11) is 0. The number of amides is 2. The maximum atomic E-state index is 12.9. The monoisotopic (exact) mass is 380 g/mol. The molecule has 1 saturated heterocycles. The van der Waals surface area contributed by atoms with Crippen LogP contribution >= 0.6 is 0 Å². The minimum atomic E-state index is 0.0220. The molecule has 2 fully saturated rings. The van der Waals surface area contributed by atoms with Gasteiger partial charge in [-0.2, -0.15) is 0 Å². The number of aryl methyl sites for hydroxylation is 1. The van der Waals surface area contributed by atoms with Gasteiger partial charge >= 0.3 is 0 Å². The Morgan fingerprint density at radius 3 is 2.89 bits per heavy atom. The number of para-hydroxylation sites is 1. The van der Waals surface area contributed by atoms with Crippen molar-refractivity contribution in [3.05, 3.63) is 35.5 Å². The quantitative estimate of drug-likeness (QED) is 0.660. The zero-order chi connectivity index (χ0) is 19.1. The molecule has 6 heteroatoms. The van der Waals surface area contributed by atoms with E-state index in [4.69, 9.17) is 0 Å². The van der Waals surface area contributed by atoms with Gasteiger partial charge in [-0.05, 0) is 49.7 Å². The number of hydrogen-bond acceptors (Lipinski definition) is 3. The second kappa shape index (κ2) is 7.24. The first kappa shape index (κ1) is 17.7. The molecule has 2 amide bonds. The lowest BCUT2D eigenvalue weighted by molar-refractivity contribution is -0.135. The van der Waals surface area contributed by atoms with Gasteiger partial charge in [0.25, 0.3) is 0 Å². The fourth-order valence-electron chi connectivity index (χ4n) is 5.54. The van der Waals surface area contributed by atoms with E-state index in [1.165, 1.54) is 16.6 Å². The Hall–Kier alpha value is -2.34. The minimum Gasteiger partial charge on any atom is -0.356 e. The highest BCUT2D eigenvalue weighted by atomic mass is 16.2. The summed E-state index contributed by atoms with van der Waals surface area (Å²) in [5.41, 5.74) is 9.57. The van der Waals surface area contributed by atoms with E-state index in [-0.39, 0.29) is 35.7 Å². The molecule has 4 N–H and O–H groups in total. The second-order valence-corrected chi connectivity index (χ2v) is 8.57. The highest BCUT2D eigenvalue weighted by molar-refractivity contribution is 5.86. The smallest absolute Gasteiger partial charge is 0.237 e. The summed E-state index contributed by atoms with van der Waals surface area (Å²) in [6.07, 6.45) is 7.75. The van der Waals surface area contributed by atoms with Gasteiger partial charge < -0.3 is 10.3 Å². The van der Waals surface area contributed by atoms with E-state index < -0.39 is 0 Å². The lowest BCUT2D eigenvalue weighted by atomic mass is 9.73. The topological polar surface area (TPSA) is 86.0 Å². The molecule has 1 aromatic carbocycles. The molecule has 28 heavy (non-hydrogen) atoms. The summed E-state index contributed by atoms with van der Waals surface area (Å²) in [6, 6.07) is 8.44. The van der Waals surface area contributed by atoms with Gasteiger partial charge in [0.1, 0.15) is 0 Å². The maximum absolute atomic E-state index is 12.9. The van der Waals surface area contributed by atoms with Gasteiger partial charge in [0, 0.05) is 35.0 Å². The van der Waals surface area contributed by atoms with Gasteiger partial charge in [-0.15, -0.1) is 0 Å². The molecule has 0 spiro atoms. The number of benzene rings is 1. The van der Waals surface area contributed by atoms with Gasteiger partial charge in [0.05, 0.1) is 6.04 Å². The van der Waals surface area contributed by atoms with Crippen LogP contribution in [0.2, 0.25) is 0 Å². The van der Waals surface area contributed by atoms with Gasteiger partial charge in [-0.1, -0.05) is 31.0 Å². The fourth-order valence-corrected chi connectivity index (χ4v) is 5.54. The summed E-state index contributed by atoms with van der Waals surface area (Å²) < 4.78 is 0. The first-order valence-electron chi connectivity index (χ1n) is 10.6. The van der Waals surface area contributed by atoms with Crippen LogP contribution in [0.5, 0.6) is 0 Å². The summed E-state index contributed by atoms with van der Waals surface area (Å²) in [4.78, 5) is 28.5. The third-order valence-corrected chi connectivity index (χ3v) is 6.91. The normalized spacial score (nSPS) is 29.6. The Kier molecular flexibility index (Phi) is 4.59. The van der Waals surface area contributed by atoms with Crippen molar-refractivity contribution in [2.75, 3.05) is 0 Å². The van der Waals surface area contributed by atoms with Gasteiger partial charge in [0.2, 0.25) is 11.8 Å². The van der Waals surface area contributed by atoms with E-state index in [1.54, 1.807) is 0 Å². The molecule has 2 heterocycles. The number of fused-ring (bicyclic) bond motifs is 4. The Bertz CT molecular complexity index is 905. The van der Waals surface area contributed by atoms with Crippen LogP contribution in [-0.2, 0) is 16.0 Å². The van der Waals surface area contributed by atoms with Crippen molar-refractivity contribution in [2.24, 2.45) is 11.8 Å². The van der Waals surface area contributed by atoms with Crippen LogP contribution < -0.4 is 16.2 Å². The Morgan fingerprint density at radius 1 is 1.11 bits per heavy atom. The summed E-state index contributed by atoms with van der Waals surface area (Å²) >= 11 is 0. The molecule has 5 rings (SSSR count). The maximum Gasteiger partial charge on any atom is 0.237 e. The average Bonchev–Trinajstić information content (AvgIpc) is 3.10. The minimum absolute atomic E-state index is 0.0220. The average molecular weight is 380 g/mol. The Labute approximate surface area is 164 Å². The zero-order valence-corrected chi connectivity index (χ0v) is 16.1. The number of carbonyl (C=O) groups excluding carboxylic acids is 2. The Balaban J connectivity index is 1.30. The van der Waals surface area contributed by atoms with Crippen molar-refractivity contribution in [3.63, 3.8) is 0 Å². The Morgan fingerprint density at radius 2 is 1.96 bits per heavy atom. The second-order valence-electron chi connectivity index (χ2n) is 8.57. The van der Waals surface area contributed by atoms with Crippen molar-refractivity contribution in [1.29, 1.82) is 0 Å². The number of aromatic nitrogens is 1. The molecular formula is C22H28N4O2. The van der Waals surface area contributed by atoms with Crippen LogP contribution in [0, 0.1) is 11.8 Å². The molecule has 0 bridgehead atoms. The molecule has 1 aliphatic heterocycles. The van der Waals surface area contributed by atoms with Gasteiger partial charge in [-0.3, -0.25) is 15.0 Å². The molecule has 3 aliphatic rings. The van der Waals surface area contributed by atoms with Crippen LogP contribution in [0.3, 0.4) is 0 Å². The van der Waals surface area contributed by atoms with Crippen molar-refractivity contribution in [3.8, 4) is 0 Å². The first-order chi connectivity index (χ1) is 13.7. The number of nitrogens with one attached hydrogen (secondary N) is 4. The lowest BCUT2D eigenvalue weighted by Crippen LogP contribution is -2.60. The van der Waals surface area contributed by atoms with Crippen molar-refractivity contribution in [2.45, 2.75) is 63.5 Å². The van der Waals surface area contributed by atoms with Crippen LogP contribution in [0.4, 0.5) is 0 Å². The van der Waals surface area contributed by atoms with E-state index in [1.807, 2.05) is 6.07 Å². The SMILES string of the molecule is O=C(CC1NNC(=O)C2CCCCC12)NC1CCCc2c1[nH]c1ccccc21. The fraction of sp³-hybridized carbons (Fsp3) is 0.545. The van der Waals surface area contributed by atoms with Gasteiger partial charge in [-0.25, -0.2) is 5.43 Å².